The number of carboxylic acid groups (broad SMARTS) is 1. The Morgan fingerprint density at radius 3 is 2.68 bits per heavy atom. The number of pyridine rings is 1. The molecule has 0 fully saturated rings. The topological polar surface area (TPSA) is 76.5 Å². The number of aromatic carboxylic acids is 1. The first-order valence-corrected chi connectivity index (χ1v) is 7.07. The fourth-order valence-corrected chi connectivity index (χ4v) is 2.27. The lowest BCUT2D eigenvalue weighted by molar-refractivity contribution is -0.120. The fourth-order valence-electron chi connectivity index (χ4n) is 2.03. The lowest BCUT2D eigenvalue weighted by Crippen LogP contribution is -2.05. The molecular formula is C16H14ClNO4. The Kier molecular flexibility index (Phi) is 5.49. The molecule has 114 valence electrons. The highest BCUT2D eigenvalue weighted by Gasteiger charge is 2.15. The molecule has 0 spiro atoms. The molecule has 2 rings (SSSR count). The van der Waals surface area contributed by atoms with E-state index >= 15 is 0 Å². The van der Waals surface area contributed by atoms with Crippen LogP contribution in [0.25, 0.3) is 0 Å². The minimum atomic E-state index is -1.20. The highest BCUT2D eigenvalue weighted by Crippen LogP contribution is 2.28. The smallest absolute Gasteiger partial charge is 0.354 e. The van der Waals surface area contributed by atoms with Crippen molar-refractivity contribution < 1.29 is 19.4 Å². The van der Waals surface area contributed by atoms with Crippen LogP contribution in [-0.2, 0) is 11.2 Å². The average molecular weight is 320 g/mol. The van der Waals surface area contributed by atoms with Gasteiger partial charge in [-0.05, 0) is 30.0 Å². The lowest BCUT2D eigenvalue weighted by Gasteiger charge is -2.11. The summed E-state index contributed by atoms with van der Waals surface area (Å²) < 4.78 is 4.64. The van der Waals surface area contributed by atoms with Gasteiger partial charge in [0.25, 0.3) is 6.47 Å². The van der Waals surface area contributed by atoms with Gasteiger partial charge in [0.05, 0.1) is 5.38 Å². The number of carboxylic acids is 1. The number of aromatic nitrogens is 1. The first kappa shape index (κ1) is 16.0. The van der Waals surface area contributed by atoms with Crippen LogP contribution in [0, 0.1) is 0 Å². The summed E-state index contributed by atoms with van der Waals surface area (Å²) in [6, 6.07) is 12.7. The van der Waals surface area contributed by atoms with E-state index in [1.807, 2.05) is 30.3 Å². The predicted molar refractivity (Wildman–Crippen MR) is 81.2 cm³/mol. The van der Waals surface area contributed by atoms with Crippen LogP contribution in [0.2, 0.25) is 0 Å². The minimum Gasteiger partial charge on any atom is -0.477 e. The maximum absolute atomic E-state index is 11.1. The van der Waals surface area contributed by atoms with E-state index in [0.29, 0.717) is 12.0 Å². The van der Waals surface area contributed by atoms with E-state index in [-0.39, 0.29) is 18.0 Å². The molecule has 0 bridgehead atoms. The molecule has 0 saturated carbocycles. The molecule has 1 aromatic heterocycles. The SMILES string of the molecule is O=COc1cc(C(Cl)CCc2ccccc2)cc(C(=O)O)n1. The first-order chi connectivity index (χ1) is 10.6. The van der Waals surface area contributed by atoms with Crippen molar-refractivity contribution in [3.8, 4) is 5.88 Å². The van der Waals surface area contributed by atoms with Gasteiger partial charge in [0.15, 0.2) is 5.69 Å². The average Bonchev–Trinajstić information content (AvgIpc) is 2.53. The number of nitrogens with zero attached hydrogens (tertiary/aromatic N) is 1. The number of ether oxygens (including phenoxy) is 1. The molecule has 0 aliphatic heterocycles. The normalized spacial score (nSPS) is 11.7. The largest absolute Gasteiger partial charge is 0.477 e. The van der Waals surface area contributed by atoms with Crippen molar-refractivity contribution in [1.29, 1.82) is 0 Å². The third-order valence-electron chi connectivity index (χ3n) is 3.10. The van der Waals surface area contributed by atoms with Crippen molar-refractivity contribution in [3.05, 3.63) is 59.3 Å². The van der Waals surface area contributed by atoms with E-state index in [4.69, 9.17) is 16.7 Å². The molecule has 22 heavy (non-hydrogen) atoms. The van der Waals surface area contributed by atoms with Crippen LogP contribution in [0.4, 0.5) is 0 Å². The van der Waals surface area contributed by atoms with Gasteiger partial charge >= 0.3 is 5.97 Å². The van der Waals surface area contributed by atoms with E-state index in [1.54, 1.807) is 0 Å². The molecular weight excluding hydrogens is 306 g/mol. The maximum atomic E-state index is 11.1. The highest BCUT2D eigenvalue weighted by atomic mass is 35.5. The number of benzene rings is 1. The van der Waals surface area contributed by atoms with Crippen LogP contribution >= 0.6 is 11.6 Å². The Labute approximate surface area is 132 Å². The lowest BCUT2D eigenvalue weighted by atomic mass is 10.0. The molecule has 1 heterocycles. The monoisotopic (exact) mass is 319 g/mol. The number of aryl methyl sites for hydroxylation is 1. The number of rotatable bonds is 7. The summed E-state index contributed by atoms with van der Waals surface area (Å²) >= 11 is 6.34. The molecule has 0 aliphatic carbocycles. The van der Waals surface area contributed by atoms with Gasteiger partial charge in [-0.2, -0.15) is 0 Å². The zero-order chi connectivity index (χ0) is 15.9. The van der Waals surface area contributed by atoms with Gasteiger partial charge in [-0.3, -0.25) is 4.79 Å². The van der Waals surface area contributed by atoms with Crippen LogP contribution in [0.1, 0.15) is 33.4 Å². The maximum Gasteiger partial charge on any atom is 0.354 e. The third kappa shape index (κ3) is 4.30. The van der Waals surface area contributed by atoms with Crippen molar-refractivity contribution in [2.24, 2.45) is 0 Å². The van der Waals surface area contributed by atoms with Gasteiger partial charge in [-0.15, -0.1) is 11.6 Å². The summed E-state index contributed by atoms with van der Waals surface area (Å²) in [6.07, 6.45) is 1.37. The van der Waals surface area contributed by atoms with Crippen molar-refractivity contribution in [3.63, 3.8) is 0 Å². The molecule has 2 aromatic rings. The second-order valence-electron chi connectivity index (χ2n) is 4.63. The summed E-state index contributed by atoms with van der Waals surface area (Å²) in [6.45, 7) is 0.199. The Morgan fingerprint density at radius 2 is 2.05 bits per heavy atom. The molecule has 1 atom stereocenters. The van der Waals surface area contributed by atoms with Gasteiger partial charge in [0.1, 0.15) is 0 Å². The summed E-state index contributed by atoms with van der Waals surface area (Å²) in [5.41, 5.74) is 1.49. The van der Waals surface area contributed by atoms with E-state index in [2.05, 4.69) is 9.72 Å². The first-order valence-electron chi connectivity index (χ1n) is 6.63. The Morgan fingerprint density at radius 1 is 1.32 bits per heavy atom. The quantitative estimate of drug-likeness (QED) is 0.626. The number of carbonyl (C=O) groups excluding carboxylic acids is 1. The molecule has 0 saturated heterocycles. The summed E-state index contributed by atoms with van der Waals surface area (Å²) in [5, 5.41) is 8.64. The second kappa shape index (κ2) is 7.56. The van der Waals surface area contributed by atoms with Gasteiger partial charge < -0.3 is 9.84 Å². The van der Waals surface area contributed by atoms with Crippen LogP contribution in [-0.4, -0.2) is 22.5 Å². The Hall–Kier alpha value is -2.40. The molecule has 5 nitrogen and oxygen atoms in total. The van der Waals surface area contributed by atoms with Gasteiger partial charge in [0.2, 0.25) is 5.88 Å². The number of halogens is 1. The minimum absolute atomic E-state index is 0.0738. The molecule has 1 unspecified atom stereocenters. The fraction of sp³-hybridized carbons (Fsp3) is 0.188. The van der Waals surface area contributed by atoms with Crippen LogP contribution in [0.5, 0.6) is 5.88 Å². The number of alkyl halides is 1. The Balaban J connectivity index is 2.15. The second-order valence-corrected chi connectivity index (χ2v) is 5.16. The van der Waals surface area contributed by atoms with Crippen molar-refractivity contribution in [2.75, 3.05) is 0 Å². The van der Waals surface area contributed by atoms with Crippen LogP contribution in [0.3, 0.4) is 0 Å². The zero-order valence-electron chi connectivity index (χ0n) is 11.6. The summed E-state index contributed by atoms with van der Waals surface area (Å²) in [4.78, 5) is 25.2. The van der Waals surface area contributed by atoms with E-state index in [1.165, 1.54) is 12.1 Å². The van der Waals surface area contributed by atoms with E-state index in [9.17, 15) is 9.59 Å². The summed E-state index contributed by atoms with van der Waals surface area (Å²) in [7, 11) is 0. The number of carbonyl (C=O) groups is 2. The molecule has 6 heteroatoms. The summed E-state index contributed by atoms with van der Waals surface area (Å²) in [5.74, 6) is -1.28. The van der Waals surface area contributed by atoms with Crippen LogP contribution < -0.4 is 4.74 Å². The molecule has 1 N–H and O–H groups in total. The number of hydrogen-bond acceptors (Lipinski definition) is 4. The van der Waals surface area contributed by atoms with Crippen molar-refractivity contribution >= 4 is 24.0 Å². The highest BCUT2D eigenvalue weighted by molar-refractivity contribution is 6.20. The molecule has 0 radical (unpaired) electrons. The van der Waals surface area contributed by atoms with Crippen LogP contribution in [0.15, 0.2) is 42.5 Å². The molecule has 0 aliphatic rings. The zero-order valence-corrected chi connectivity index (χ0v) is 12.4. The van der Waals surface area contributed by atoms with Crippen molar-refractivity contribution in [1.82, 2.24) is 4.98 Å². The Bertz CT molecular complexity index is 660. The van der Waals surface area contributed by atoms with Crippen molar-refractivity contribution in [2.45, 2.75) is 18.2 Å². The predicted octanol–water partition coefficient (Wildman–Crippen LogP) is 3.23. The van der Waals surface area contributed by atoms with Gasteiger partial charge in [-0.1, -0.05) is 30.3 Å². The number of hydrogen-bond donors (Lipinski definition) is 1. The molecule has 1 aromatic carbocycles. The van der Waals surface area contributed by atoms with E-state index in [0.717, 1.165) is 12.0 Å². The molecule has 0 amide bonds. The standard InChI is InChI=1S/C16H14ClNO4/c17-13(7-6-11-4-2-1-3-5-11)12-8-14(16(20)21)18-15(9-12)22-10-19/h1-5,8-10,13H,6-7H2,(H,20,21). The van der Waals surface area contributed by atoms with Gasteiger partial charge in [-0.25, -0.2) is 9.78 Å². The third-order valence-corrected chi connectivity index (χ3v) is 3.57. The van der Waals surface area contributed by atoms with E-state index < -0.39 is 11.3 Å². The van der Waals surface area contributed by atoms with Gasteiger partial charge in [0, 0.05) is 6.07 Å².